The Balaban J connectivity index is 1.29. The molecule has 6 aliphatic rings. The lowest BCUT2D eigenvalue weighted by atomic mass is 9.64. The molecule has 9 unspecified atom stereocenters. The molecule has 3 aliphatic heterocycles. The molecular weight excluding hydrogens is 501 g/mol. The third-order valence-electron chi connectivity index (χ3n) is 10.3. The van der Waals surface area contributed by atoms with Crippen LogP contribution in [0.4, 0.5) is 4.39 Å². The van der Waals surface area contributed by atoms with E-state index in [-0.39, 0.29) is 48.0 Å². The number of hydrogen-bond donors (Lipinski definition) is 4. The van der Waals surface area contributed by atoms with Crippen molar-refractivity contribution < 1.29 is 18.7 Å². The molecule has 7 N–H and O–H groups in total. The van der Waals surface area contributed by atoms with Crippen LogP contribution in [0.25, 0.3) is 0 Å². The van der Waals surface area contributed by atoms with Gasteiger partial charge in [-0.15, -0.1) is 0 Å². The van der Waals surface area contributed by atoms with Gasteiger partial charge in [0.05, 0.1) is 35.9 Å². The second-order valence-electron chi connectivity index (χ2n) is 12.6. The fourth-order valence-electron chi connectivity index (χ4n) is 8.54. The minimum Gasteiger partial charge on any atom is -0.370 e. The number of carbonyl (C=O) groups excluding carboxylic acids is 2. The Bertz CT molecular complexity index is 1020. The molecule has 0 radical (unpaired) electrons. The molecule has 0 aromatic heterocycles. The van der Waals surface area contributed by atoms with Crippen molar-refractivity contribution in [3.8, 4) is 0 Å². The van der Waals surface area contributed by atoms with Crippen LogP contribution in [-0.2, 0) is 14.3 Å². The van der Waals surface area contributed by atoms with Crippen LogP contribution in [0.15, 0.2) is 16.8 Å². The van der Waals surface area contributed by atoms with E-state index in [9.17, 15) is 9.59 Å². The zero-order valence-electron chi connectivity index (χ0n) is 22.7. The number of guanidine groups is 1. The summed E-state index contributed by atoms with van der Waals surface area (Å²) in [5.41, 5.74) is 17.1. The zero-order chi connectivity index (χ0) is 27.3. The number of nitrogens with zero attached hydrogens (tertiary/aromatic N) is 3. The van der Waals surface area contributed by atoms with E-state index in [0.29, 0.717) is 37.9 Å². The predicted octanol–water partition coefficient (Wildman–Crippen LogP) is 0.399. The predicted molar refractivity (Wildman–Crippen MR) is 145 cm³/mol. The number of amides is 1. The molecule has 0 aromatic carbocycles. The molecule has 216 valence electrons. The van der Waals surface area contributed by atoms with Gasteiger partial charge in [0.15, 0.2) is 11.7 Å². The standard InChI is InChI=1S/C28H44FN7O3/c29-20-12-18-23-26(24(20)35-9-6-17(30)13-35)39-22-11-16-5-2-1-4-15(16)10-21(22)36(23)14-19(25(18)37)27(38)33-7-3-8-34-28(31)32/h14-18,20-24,26H,1-13,30H2,(H,33,38)(H4,31,32,34)/t15?,16?,17-,18?,20?,21?,22?,23?,24?,26?/m1/s1. The minimum atomic E-state index is -1.21. The molecule has 11 heteroatoms. The summed E-state index contributed by atoms with van der Waals surface area (Å²) in [5, 5.41) is 2.86. The highest BCUT2D eigenvalue weighted by molar-refractivity contribution is 6.20. The zero-order valence-corrected chi connectivity index (χ0v) is 22.7. The number of fused-ring (bicyclic) bond motifs is 3. The number of likely N-dealkylation sites (tertiary alicyclic amines) is 1. The van der Waals surface area contributed by atoms with Crippen molar-refractivity contribution in [2.75, 3.05) is 26.2 Å². The highest BCUT2D eigenvalue weighted by atomic mass is 19.1. The summed E-state index contributed by atoms with van der Waals surface area (Å²) in [6.45, 7) is 2.14. The quantitative estimate of drug-likeness (QED) is 0.162. The van der Waals surface area contributed by atoms with E-state index in [1.807, 2.05) is 0 Å². The van der Waals surface area contributed by atoms with Crippen LogP contribution in [0, 0.1) is 17.8 Å². The van der Waals surface area contributed by atoms with Crippen LogP contribution >= 0.6 is 0 Å². The molecule has 5 fully saturated rings. The van der Waals surface area contributed by atoms with Crippen LogP contribution < -0.4 is 22.5 Å². The van der Waals surface area contributed by atoms with Crippen molar-refractivity contribution in [2.24, 2.45) is 39.9 Å². The molecular formula is C28H44FN7O3. The molecule has 10 nitrogen and oxygen atoms in total. The SMILES string of the molecule is NC(N)=NCCCNC(=O)C1=CN2C3CC4CCCCC4CC3OC3C(N4CC[C@@H](N)C4)C(F)CC(C1=O)C32. The average molecular weight is 546 g/mol. The number of ketones is 1. The smallest absolute Gasteiger partial charge is 0.256 e. The number of Topliss-reactive ketones (excluding diaryl/α,β-unsaturated/α-hetero) is 1. The van der Waals surface area contributed by atoms with Gasteiger partial charge in [0, 0.05) is 44.3 Å². The number of alkyl halides is 1. The normalized spacial score (nSPS) is 41.6. The van der Waals surface area contributed by atoms with Gasteiger partial charge in [-0.1, -0.05) is 25.7 Å². The number of aliphatic imine (C=N–C) groups is 1. The maximum Gasteiger partial charge on any atom is 0.256 e. The summed E-state index contributed by atoms with van der Waals surface area (Å²) in [6.07, 6.45) is 8.60. The van der Waals surface area contributed by atoms with E-state index in [2.05, 4.69) is 20.1 Å². The Hall–Kier alpha value is -2.24. The van der Waals surface area contributed by atoms with Gasteiger partial charge in [-0.2, -0.15) is 0 Å². The Morgan fingerprint density at radius 1 is 1.13 bits per heavy atom. The maximum atomic E-state index is 16.0. The van der Waals surface area contributed by atoms with Gasteiger partial charge in [0.25, 0.3) is 5.91 Å². The number of halogens is 1. The molecule has 39 heavy (non-hydrogen) atoms. The van der Waals surface area contributed by atoms with E-state index in [0.717, 1.165) is 25.8 Å². The number of rotatable bonds is 6. The number of hydrogen-bond acceptors (Lipinski definition) is 7. The topological polar surface area (TPSA) is 152 Å². The Labute approximate surface area is 229 Å². The number of carbonyl (C=O) groups is 2. The summed E-state index contributed by atoms with van der Waals surface area (Å²) in [6, 6.07) is -0.538. The average Bonchev–Trinajstić information content (AvgIpc) is 3.33. The Morgan fingerprint density at radius 2 is 1.90 bits per heavy atom. The lowest BCUT2D eigenvalue weighted by Crippen LogP contribution is -2.73. The summed E-state index contributed by atoms with van der Waals surface area (Å²) in [5.74, 6) is 0.0121. The highest BCUT2D eigenvalue weighted by Gasteiger charge is 2.60. The van der Waals surface area contributed by atoms with E-state index in [1.54, 1.807) is 6.20 Å². The largest absolute Gasteiger partial charge is 0.370 e. The molecule has 1 amide bonds. The van der Waals surface area contributed by atoms with Gasteiger partial charge >= 0.3 is 0 Å². The first-order valence-electron chi connectivity index (χ1n) is 15.0. The molecule has 3 saturated carbocycles. The fourth-order valence-corrected chi connectivity index (χ4v) is 8.54. The number of ether oxygens (including phenoxy) is 1. The van der Waals surface area contributed by atoms with Gasteiger partial charge in [-0.25, -0.2) is 4.39 Å². The highest BCUT2D eigenvalue weighted by Crippen LogP contribution is 2.50. The molecule has 0 bridgehead atoms. The van der Waals surface area contributed by atoms with Crippen LogP contribution in [0.2, 0.25) is 0 Å². The number of nitrogens with two attached hydrogens (primary N) is 3. The summed E-state index contributed by atoms with van der Waals surface area (Å²) < 4.78 is 22.9. The Kier molecular flexibility index (Phi) is 7.58. The molecule has 2 saturated heterocycles. The van der Waals surface area contributed by atoms with Crippen molar-refractivity contribution in [1.29, 1.82) is 0 Å². The number of nitrogens with one attached hydrogen (secondary N) is 1. The van der Waals surface area contributed by atoms with E-state index in [1.165, 1.54) is 25.7 Å². The fraction of sp³-hybridized carbons (Fsp3) is 0.821. The first-order valence-corrected chi connectivity index (χ1v) is 15.0. The molecule has 3 aliphatic carbocycles. The molecule has 3 heterocycles. The lowest BCUT2D eigenvalue weighted by Gasteiger charge is -2.61. The monoisotopic (exact) mass is 545 g/mol. The maximum absolute atomic E-state index is 16.0. The van der Waals surface area contributed by atoms with Gasteiger partial charge < -0.3 is 32.2 Å². The van der Waals surface area contributed by atoms with E-state index in [4.69, 9.17) is 21.9 Å². The van der Waals surface area contributed by atoms with Gasteiger partial charge in [-0.3, -0.25) is 19.5 Å². The van der Waals surface area contributed by atoms with Crippen LogP contribution in [-0.4, -0.2) is 96.2 Å². The number of morpholine rings is 1. The second kappa shape index (κ2) is 11.0. The molecule has 10 atom stereocenters. The van der Waals surface area contributed by atoms with Gasteiger partial charge in [0.1, 0.15) is 6.17 Å². The van der Waals surface area contributed by atoms with E-state index < -0.39 is 30.1 Å². The molecule has 0 aromatic rings. The van der Waals surface area contributed by atoms with Crippen molar-refractivity contribution in [2.45, 2.75) is 100 Å². The summed E-state index contributed by atoms with van der Waals surface area (Å²) in [7, 11) is 0. The van der Waals surface area contributed by atoms with Crippen LogP contribution in [0.1, 0.15) is 57.8 Å². The lowest BCUT2D eigenvalue weighted by molar-refractivity contribution is -0.219. The first kappa shape index (κ1) is 27.0. The minimum absolute atomic E-state index is 0.00828. The third kappa shape index (κ3) is 5.06. The summed E-state index contributed by atoms with van der Waals surface area (Å²) >= 11 is 0. The van der Waals surface area contributed by atoms with Crippen molar-refractivity contribution >= 4 is 17.6 Å². The van der Waals surface area contributed by atoms with Gasteiger partial charge in [-0.05, 0) is 43.9 Å². The molecule has 6 rings (SSSR count). The third-order valence-corrected chi connectivity index (χ3v) is 10.3. The van der Waals surface area contributed by atoms with E-state index >= 15 is 4.39 Å². The van der Waals surface area contributed by atoms with Crippen molar-refractivity contribution in [1.82, 2.24) is 15.1 Å². The van der Waals surface area contributed by atoms with Crippen molar-refractivity contribution in [3.05, 3.63) is 11.8 Å². The molecule has 0 spiro atoms. The summed E-state index contributed by atoms with van der Waals surface area (Å²) in [4.78, 5) is 35.4. The van der Waals surface area contributed by atoms with Crippen LogP contribution in [0.5, 0.6) is 0 Å². The first-order chi connectivity index (χ1) is 18.8. The van der Waals surface area contributed by atoms with Crippen LogP contribution in [0.3, 0.4) is 0 Å². The van der Waals surface area contributed by atoms with Gasteiger partial charge in [0.2, 0.25) is 0 Å². The Morgan fingerprint density at radius 3 is 2.62 bits per heavy atom. The second-order valence-corrected chi connectivity index (χ2v) is 12.6. The van der Waals surface area contributed by atoms with Crippen molar-refractivity contribution in [3.63, 3.8) is 0 Å².